The van der Waals surface area contributed by atoms with E-state index >= 15 is 0 Å². The summed E-state index contributed by atoms with van der Waals surface area (Å²) in [5, 5.41) is 19.1. The van der Waals surface area contributed by atoms with Gasteiger partial charge < -0.3 is 15.1 Å². The van der Waals surface area contributed by atoms with Crippen LogP contribution >= 0.6 is 12.4 Å². The number of hydrogen-bond donors (Lipinski definition) is 3. The quantitative estimate of drug-likeness (QED) is 0.801. The van der Waals surface area contributed by atoms with Crippen LogP contribution in [0.4, 0.5) is 10.5 Å². The van der Waals surface area contributed by atoms with Gasteiger partial charge in [0.1, 0.15) is 0 Å². The van der Waals surface area contributed by atoms with Crippen molar-refractivity contribution in [2.75, 3.05) is 31.6 Å². The van der Waals surface area contributed by atoms with Crippen LogP contribution in [0.15, 0.2) is 30.3 Å². The van der Waals surface area contributed by atoms with Gasteiger partial charge in [0.2, 0.25) is 0 Å². The fraction of sp³-hybridized carbons (Fsp3) is 0.533. The molecular formula is C15H25ClN2O3. The maximum Gasteiger partial charge on any atom is 0.409 e. The molecule has 1 fully saturated rings. The number of β-amino-alcohol motifs (C(OH)–C–C–N with tert-alkyl or cyclic N) is 1. The number of benzene rings is 1. The Bertz CT molecular complexity index is 368. The first-order valence-corrected chi connectivity index (χ1v) is 7.10. The van der Waals surface area contributed by atoms with E-state index in [-0.39, 0.29) is 12.4 Å². The maximum absolute atomic E-state index is 10.1. The first-order valence-electron chi connectivity index (χ1n) is 7.10. The van der Waals surface area contributed by atoms with Gasteiger partial charge in [0.05, 0.1) is 6.61 Å². The van der Waals surface area contributed by atoms with E-state index in [0.29, 0.717) is 12.3 Å². The number of amides is 1. The molecule has 3 N–H and O–H groups in total. The number of rotatable bonds is 3. The minimum atomic E-state index is -1.04. The van der Waals surface area contributed by atoms with Crippen LogP contribution in [0.25, 0.3) is 0 Å². The van der Waals surface area contributed by atoms with Crippen molar-refractivity contribution in [2.24, 2.45) is 0 Å². The lowest BCUT2D eigenvalue weighted by atomic mass is 10.2. The third-order valence-corrected chi connectivity index (χ3v) is 3.14. The predicted molar refractivity (Wildman–Crippen MR) is 87.3 cm³/mol. The van der Waals surface area contributed by atoms with E-state index in [1.54, 1.807) is 24.3 Å². The molecule has 1 aliphatic heterocycles. The van der Waals surface area contributed by atoms with Gasteiger partial charge in [-0.05, 0) is 38.1 Å². The Morgan fingerprint density at radius 1 is 1.10 bits per heavy atom. The summed E-state index contributed by atoms with van der Waals surface area (Å²) in [6.45, 7) is 3.58. The smallest absolute Gasteiger partial charge is 0.409 e. The van der Waals surface area contributed by atoms with Crippen molar-refractivity contribution in [1.29, 1.82) is 0 Å². The van der Waals surface area contributed by atoms with Gasteiger partial charge in [0, 0.05) is 12.2 Å². The second kappa shape index (κ2) is 12.4. The van der Waals surface area contributed by atoms with E-state index < -0.39 is 6.09 Å². The summed E-state index contributed by atoms with van der Waals surface area (Å²) in [7, 11) is 0. The Kier molecular flexibility index (Phi) is 11.7. The SMILES string of the molecule is Cl.O=C(O)Nc1ccccc1.OCCN1CCCCCC1. The molecule has 0 saturated carbocycles. The second-order valence-electron chi connectivity index (χ2n) is 4.78. The number of nitrogens with one attached hydrogen (secondary N) is 1. The summed E-state index contributed by atoms with van der Waals surface area (Å²) in [6.07, 6.45) is 4.36. The van der Waals surface area contributed by atoms with Crippen LogP contribution in [0.2, 0.25) is 0 Å². The third kappa shape index (κ3) is 10.1. The summed E-state index contributed by atoms with van der Waals surface area (Å²) >= 11 is 0. The monoisotopic (exact) mass is 316 g/mol. The Labute approximate surface area is 132 Å². The number of aliphatic hydroxyl groups excluding tert-OH is 1. The van der Waals surface area contributed by atoms with E-state index in [2.05, 4.69) is 10.2 Å². The first-order chi connectivity index (χ1) is 9.72. The Hall–Kier alpha value is -1.30. The van der Waals surface area contributed by atoms with Crippen LogP contribution in [0.5, 0.6) is 0 Å². The number of para-hydroxylation sites is 1. The van der Waals surface area contributed by atoms with Crippen LogP contribution in [-0.2, 0) is 0 Å². The van der Waals surface area contributed by atoms with Gasteiger partial charge in [-0.25, -0.2) is 4.79 Å². The van der Waals surface area contributed by atoms with Crippen molar-refractivity contribution in [1.82, 2.24) is 4.90 Å². The number of carboxylic acid groups (broad SMARTS) is 1. The van der Waals surface area contributed by atoms with Gasteiger partial charge >= 0.3 is 6.09 Å². The van der Waals surface area contributed by atoms with Gasteiger partial charge in [0.15, 0.2) is 0 Å². The van der Waals surface area contributed by atoms with E-state index in [4.69, 9.17) is 10.2 Å². The van der Waals surface area contributed by atoms with Crippen molar-refractivity contribution in [3.63, 3.8) is 0 Å². The molecule has 0 bridgehead atoms. The van der Waals surface area contributed by atoms with Crippen molar-refractivity contribution in [2.45, 2.75) is 25.7 Å². The highest BCUT2D eigenvalue weighted by Crippen LogP contribution is 2.08. The fourth-order valence-electron chi connectivity index (χ4n) is 2.15. The average Bonchev–Trinajstić information content (AvgIpc) is 2.69. The molecule has 6 heteroatoms. The topological polar surface area (TPSA) is 72.8 Å². The zero-order valence-corrected chi connectivity index (χ0v) is 13.0. The molecule has 1 aliphatic rings. The Balaban J connectivity index is 0.000000364. The first kappa shape index (κ1) is 19.7. The van der Waals surface area contributed by atoms with Crippen molar-refractivity contribution < 1.29 is 15.0 Å². The van der Waals surface area contributed by atoms with Gasteiger partial charge in [0.25, 0.3) is 0 Å². The molecule has 120 valence electrons. The zero-order valence-electron chi connectivity index (χ0n) is 12.2. The molecule has 1 aromatic rings. The van der Waals surface area contributed by atoms with E-state index in [1.807, 2.05) is 6.07 Å². The Morgan fingerprint density at radius 2 is 1.67 bits per heavy atom. The van der Waals surface area contributed by atoms with Crippen LogP contribution in [0.3, 0.4) is 0 Å². The molecule has 0 unspecified atom stereocenters. The van der Waals surface area contributed by atoms with Gasteiger partial charge in [-0.3, -0.25) is 5.32 Å². The molecule has 21 heavy (non-hydrogen) atoms. The summed E-state index contributed by atoms with van der Waals surface area (Å²) < 4.78 is 0. The number of halogens is 1. The highest BCUT2D eigenvalue weighted by molar-refractivity contribution is 5.85. The zero-order chi connectivity index (χ0) is 14.6. The molecule has 0 atom stereocenters. The molecule has 5 nitrogen and oxygen atoms in total. The van der Waals surface area contributed by atoms with E-state index in [0.717, 1.165) is 6.54 Å². The van der Waals surface area contributed by atoms with Gasteiger partial charge in [-0.1, -0.05) is 31.0 Å². The summed E-state index contributed by atoms with van der Waals surface area (Å²) in [6, 6.07) is 8.74. The molecular weight excluding hydrogens is 292 g/mol. The highest BCUT2D eigenvalue weighted by atomic mass is 35.5. The number of aliphatic hydroxyl groups is 1. The third-order valence-electron chi connectivity index (χ3n) is 3.14. The van der Waals surface area contributed by atoms with Gasteiger partial charge in [-0.15, -0.1) is 12.4 Å². The number of likely N-dealkylation sites (tertiary alicyclic amines) is 1. The number of hydrogen-bond acceptors (Lipinski definition) is 3. The molecule has 1 amide bonds. The van der Waals surface area contributed by atoms with E-state index in [9.17, 15) is 4.79 Å². The molecule has 1 saturated heterocycles. The number of nitrogens with zero attached hydrogens (tertiary/aromatic N) is 1. The van der Waals surface area contributed by atoms with Crippen LogP contribution < -0.4 is 5.32 Å². The van der Waals surface area contributed by atoms with Crippen LogP contribution in [0, 0.1) is 0 Å². The minimum absolute atomic E-state index is 0. The van der Waals surface area contributed by atoms with Crippen molar-refractivity contribution in [3.8, 4) is 0 Å². The van der Waals surface area contributed by atoms with Crippen LogP contribution in [-0.4, -0.2) is 47.4 Å². The fourth-order valence-corrected chi connectivity index (χ4v) is 2.15. The molecule has 0 radical (unpaired) electrons. The summed E-state index contributed by atoms with van der Waals surface area (Å²) in [5.41, 5.74) is 0.593. The number of anilines is 1. The lowest BCUT2D eigenvalue weighted by Gasteiger charge is -2.17. The molecule has 0 aliphatic carbocycles. The Morgan fingerprint density at radius 3 is 2.14 bits per heavy atom. The molecule has 2 rings (SSSR count). The molecule has 0 spiro atoms. The van der Waals surface area contributed by atoms with Gasteiger partial charge in [-0.2, -0.15) is 0 Å². The summed E-state index contributed by atoms with van der Waals surface area (Å²) in [5.74, 6) is 0. The maximum atomic E-state index is 10.1. The second-order valence-corrected chi connectivity index (χ2v) is 4.78. The minimum Gasteiger partial charge on any atom is -0.465 e. The molecule has 1 heterocycles. The van der Waals surface area contributed by atoms with Crippen LogP contribution in [0.1, 0.15) is 25.7 Å². The summed E-state index contributed by atoms with van der Waals surface area (Å²) in [4.78, 5) is 12.4. The molecule has 0 aromatic heterocycles. The largest absolute Gasteiger partial charge is 0.465 e. The standard InChI is InChI=1S/C8H17NO.C7H7NO2.ClH/c10-8-7-9-5-3-1-2-4-6-9;9-7(10)8-6-4-2-1-3-5-6;/h10H,1-8H2;1-5,8H,(H,9,10);1H. The average molecular weight is 317 g/mol. The predicted octanol–water partition coefficient (Wildman–Crippen LogP) is 3.05. The molecule has 1 aromatic carbocycles. The highest BCUT2D eigenvalue weighted by Gasteiger charge is 2.06. The number of carbonyl (C=O) groups is 1. The lowest BCUT2D eigenvalue weighted by molar-refractivity contribution is 0.200. The van der Waals surface area contributed by atoms with Crippen molar-refractivity contribution in [3.05, 3.63) is 30.3 Å². The van der Waals surface area contributed by atoms with Crippen molar-refractivity contribution >= 4 is 24.2 Å². The van der Waals surface area contributed by atoms with E-state index in [1.165, 1.54) is 38.8 Å². The normalized spacial score (nSPS) is 14.9. The lowest BCUT2D eigenvalue weighted by Crippen LogP contribution is -2.27.